The molecular weight excluding hydrogens is 394 g/mol. The van der Waals surface area contributed by atoms with E-state index < -0.39 is 0 Å². The van der Waals surface area contributed by atoms with E-state index in [0.717, 1.165) is 16.7 Å². The second kappa shape index (κ2) is 9.84. The Bertz CT molecular complexity index is 1340. The molecule has 0 atom stereocenters. The molecule has 4 aromatic rings. The molecule has 0 bridgehead atoms. The lowest BCUT2D eigenvalue weighted by Gasteiger charge is -2.05. The summed E-state index contributed by atoms with van der Waals surface area (Å²) in [5, 5.41) is 24.3. The molecule has 152 valence electrons. The minimum Gasteiger partial charge on any atom is -0.240 e. The molecule has 3 aromatic carbocycles. The Balaban J connectivity index is 1.81. The van der Waals surface area contributed by atoms with Crippen LogP contribution in [0.1, 0.15) is 28.3 Å². The highest BCUT2D eigenvalue weighted by atomic mass is 15.3. The summed E-state index contributed by atoms with van der Waals surface area (Å²) in [6, 6.07) is 33.4. The lowest BCUT2D eigenvalue weighted by molar-refractivity contribution is 0.674. The molecule has 5 heteroatoms. The van der Waals surface area contributed by atoms with Crippen LogP contribution in [0.25, 0.3) is 23.3 Å². The second-order valence-corrected chi connectivity index (χ2v) is 7.06. The standard InChI is InChI=1S/C27H19N5/c28-18-24(16-21-10-4-1-5-11-21)26-30-27(25(19-29)17-22-12-6-2-7-13-22)32(31-26)20-23-14-8-3-9-15-23/h1-17H,20H2/b24-16+,25-17-. The van der Waals surface area contributed by atoms with Gasteiger partial charge in [0.1, 0.15) is 12.1 Å². The number of aromatic nitrogens is 3. The van der Waals surface area contributed by atoms with Gasteiger partial charge in [0.2, 0.25) is 0 Å². The summed E-state index contributed by atoms with van der Waals surface area (Å²) in [5.74, 6) is 0.709. The van der Waals surface area contributed by atoms with Crippen LogP contribution < -0.4 is 0 Å². The molecule has 5 nitrogen and oxygen atoms in total. The first-order chi connectivity index (χ1) is 15.8. The zero-order valence-electron chi connectivity index (χ0n) is 17.3. The fraction of sp³-hybridized carbons (Fsp3) is 0.0370. The van der Waals surface area contributed by atoms with Crippen molar-refractivity contribution in [1.82, 2.24) is 14.8 Å². The number of hydrogen-bond donors (Lipinski definition) is 0. The van der Waals surface area contributed by atoms with Crippen molar-refractivity contribution in [1.29, 1.82) is 10.5 Å². The Morgan fingerprint density at radius 3 is 1.75 bits per heavy atom. The summed E-state index contributed by atoms with van der Waals surface area (Å²) in [6.45, 7) is 0.432. The van der Waals surface area contributed by atoms with Gasteiger partial charge >= 0.3 is 0 Å². The van der Waals surface area contributed by atoms with E-state index in [9.17, 15) is 10.5 Å². The normalized spacial score (nSPS) is 11.6. The summed E-state index contributed by atoms with van der Waals surface area (Å²) >= 11 is 0. The Labute approximate surface area is 186 Å². The van der Waals surface area contributed by atoms with Crippen LogP contribution >= 0.6 is 0 Å². The molecule has 0 radical (unpaired) electrons. The van der Waals surface area contributed by atoms with Gasteiger partial charge < -0.3 is 0 Å². The molecular formula is C27H19N5. The van der Waals surface area contributed by atoms with Crippen LogP contribution in [0.15, 0.2) is 91.0 Å². The van der Waals surface area contributed by atoms with Gasteiger partial charge in [-0.1, -0.05) is 91.0 Å². The number of nitrogens with zero attached hydrogens (tertiary/aromatic N) is 5. The van der Waals surface area contributed by atoms with Gasteiger partial charge in [-0.25, -0.2) is 9.67 Å². The van der Waals surface area contributed by atoms with E-state index in [1.54, 1.807) is 16.8 Å². The first-order valence-corrected chi connectivity index (χ1v) is 10.1. The van der Waals surface area contributed by atoms with Gasteiger partial charge in [0, 0.05) is 0 Å². The quantitative estimate of drug-likeness (QED) is 0.394. The van der Waals surface area contributed by atoms with E-state index in [1.165, 1.54) is 0 Å². The van der Waals surface area contributed by atoms with Gasteiger partial charge in [0.15, 0.2) is 11.6 Å². The minimum atomic E-state index is 0.288. The third-order valence-electron chi connectivity index (χ3n) is 4.79. The Morgan fingerprint density at radius 1 is 0.719 bits per heavy atom. The molecule has 0 amide bonds. The fourth-order valence-corrected chi connectivity index (χ4v) is 3.25. The first-order valence-electron chi connectivity index (χ1n) is 10.1. The number of rotatable bonds is 6. The van der Waals surface area contributed by atoms with Crippen molar-refractivity contribution in [2.24, 2.45) is 0 Å². The van der Waals surface area contributed by atoms with Crippen molar-refractivity contribution >= 4 is 23.3 Å². The van der Waals surface area contributed by atoms with E-state index in [4.69, 9.17) is 0 Å². The van der Waals surface area contributed by atoms with Crippen molar-refractivity contribution in [3.05, 3.63) is 119 Å². The van der Waals surface area contributed by atoms with E-state index in [1.807, 2.05) is 91.0 Å². The Hall–Kier alpha value is -4.74. The monoisotopic (exact) mass is 413 g/mol. The largest absolute Gasteiger partial charge is 0.240 e. The summed E-state index contributed by atoms with van der Waals surface area (Å²) in [6.07, 6.45) is 3.53. The summed E-state index contributed by atoms with van der Waals surface area (Å²) in [4.78, 5) is 4.61. The predicted octanol–water partition coefficient (Wildman–Crippen LogP) is 5.45. The zero-order valence-corrected chi connectivity index (χ0v) is 17.3. The lowest BCUT2D eigenvalue weighted by Crippen LogP contribution is -2.06. The molecule has 0 aliphatic heterocycles. The number of benzene rings is 3. The Morgan fingerprint density at radius 2 is 1.22 bits per heavy atom. The van der Waals surface area contributed by atoms with Gasteiger partial charge in [-0.2, -0.15) is 10.5 Å². The molecule has 0 aliphatic carbocycles. The molecule has 1 aromatic heterocycles. The van der Waals surface area contributed by atoms with Crippen LogP contribution in [0.2, 0.25) is 0 Å². The maximum atomic E-state index is 9.89. The van der Waals surface area contributed by atoms with Crippen molar-refractivity contribution in [3.8, 4) is 12.1 Å². The highest BCUT2D eigenvalue weighted by Crippen LogP contribution is 2.21. The van der Waals surface area contributed by atoms with Crippen LogP contribution in [-0.4, -0.2) is 14.8 Å². The predicted molar refractivity (Wildman–Crippen MR) is 125 cm³/mol. The van der Waals surface area contributed by atoms with E-state index in [0.29, 0.717) is 23.5 Å². The zero-order chi connectivity index (χ0) is 22.2. The van der Waals surface area contributed by atoms with Gasteiger partial charge in [-0.05, 0) is 28.8 Å². The smallest absolute Gasteiger partial charge is 0.192 e. The van der Waals surface area contributed by atoms with Crippen molar-refractivity contribution < 1.29 is 0 Å². The average molecular weight is 413 g/mol. The van der Waals surface area contributed by atoms with Crippen LogP contribution in [0.3, 0.4) is 0 Å². The van der Waals surface area contributed by atoms with Crippen molar-refractivity contribution in [2.45, 2.75) is 6.54 Å². The van der Waals surface area contributed by atoms with Crippen molar-refractivity contribution in [2.75, 3.05) is 0 Å². The highest BCUT2D eigenvalue weighted by Gasteiger charge is 2.17. The summed E-state index contributed by atoms with van der Waals surface area (Å²) < 4.78 is 1.68. The SMILES string of the molecule is N#C/C(=C/c1ccccc1)c1nc(/C(C#N)=C/c2ccccc2)nn1Cc1ccccc1. The number of nitriles is 2. The van der Waals surface area contributed by atoms with Gasteiger partial charge in [-0.15, -0.1) is 5.10 Å². The fourth-order valence-electron chi connectivity index (χ4n) is 3.25. The van der Waals surface area contributed by atoms with Gasteiger partial charge in [-0.3, -0.25) is 0 Å². The third-order valence-corrected chi connectivity index (χ3v) is 4.79. The highest BCUT2D eigenvalue weighted by molar-refractivity contribution is 5.90. The lowest BCUT2D eigenvalue weighted by atomic mass is 10.1. The number of hydrogen-bond acceptors (Lipinski definition) is 4. The summed E-state index contributed by atoms with van der Waals surface area (Å²) in [7, 11) is 0. The van der Waals surface area contributed by atoms with E-state index >= 15 is 0 Å². The maximum Gasteiger partial charge on any atom is 0.192 e. The Kier molecular flexibility index (Phi) is 6.31. The molecule has 0 fully saturated rings. The van der Waals surface area contributed by atoms with Crippen LogP contribution in [-0.2, 0) is 6.54 Å². The average Bonchev–Trinajstić information content (AvgIpc) is 3.26. The molecule has 0 spiro atoms. The van der Waals surface area contributed by atoms with Gasteiger partial charge in [0.05, 0.1) is 17.7 Å². The molecule has 0 saturated carbocycles. The maximum absolute atomic E-state index is 9.89. The summed E-state index contributed by atoms with van der Waals surface area (Å²) in [5.41, 5.74) is 3.50. The van der Waals surface area contributed by atoms with E-state index in [2.05, 4.69) is 22.2 Å². The van der Waals surface area contributed by atoms with Crippen molar-refractivity contribution in [3.63, 3.8) is 0 Å². The molecule has 0 aliphatic rings. The molecule has 32 heavy (non-hydrogen) atoms. The number of allylic oxidation sites excluding steroid dienone is 2. The van der Waals surface area contributed by atoms with Gasteiger partial charge in [0.25, 0.3) is 0 Å². The van der Waals surface area contributed by atoms with Crippen LogP contribution in [0.5, 0.6) is 0 Å². The van der Waals surface area contributed by atoms with Crippen LogP contribution in [0, 0.1) is 22.7 Å². The van der Waals surface area contributed by atoms with Crippen LogP contribution in [0.4, 0.5) is 0 Å². The molecule has 1 heterocycles. The minimum absolute atomic E-state index is 0.288. The molecule has 0 unspecified atom stereocenters. The molecule has 0 saturated heterocycles. The first kappa shape index (κ1) is 20.5. The van der Waals surface area contributed by atoms with E-state index in [-0.39, 0.29) is 5.82 Å². The third kappa shape index (κ3) is 4.87. The molecule has 0 N–H and O–H groups in total. The second-order valence-electron chi connectivity index (χ2n) is 7.06. The molecule has 4 rings (SSSR count). The topological polar surface area (TPSA) is 78.3 Å².